The van der Waals surface area contributed by atoms with Crippen LogP contribution in [0, 0.1) is 5.92 Å². The largest absolute Gasteiger partial charge is 0.396 e. The third-order valence-corrected chi connectivity index (χ3v) is 5.50. The van der Waals surface area contributed by atoms with Gasteiger partial charge in [-0.2, -0.15) is 4.31 Å². The van der Waals surface area contributed by atoms with Crippen molar-refractivity contribution in [1.29, 1.82) is 0 Å². The summed E-state index contributed by atoms with van der Waals surface area (Å²) in [4.78, 5) is 0.326. The molecule has 1 aliphatic rings. The molecule has 1 saturated heterocycles. The first-order chi connectivity index (χ1) is 9.59. The molecule has 1 atom stereocenters. The predicted octanol–water partition coefficient (Wildman–Crippen LogP) is 1.51. The third kappa shape index (κ3) is 3.13. The van der Waals surface area contributed by atoms with E-state index in [1.165, 1.54) is 4.31 Å². The van der Waals surface area contributed by atoms with E-state index in [0.29, 0.717) is 23.7 Å². The van der Waals surface area contributed by atoms with Gasteiger partial charge in [-0.3, -0.25) is 0 Å². The molecule has 1 aromatic rings. The van der Waals surface area contributed by atoms with Crippen molar-refractivity contribution in [2.24, 2.45) is 5.92 Å². The highest BCUT2D eigenvalue weighted by atomic mass is 32.2. The molecule has 1 aliphatic heterocycles. The fourth-order valence-electron chi connectivity index (χ4n) is 2.40. The zero-order valence-electron chi connectivity index (χ0n) is 11.7. The van der Waals surface area contributed by atoms with Gasteiger partial charge in [0.2, 0.25) is 10.0 Å². The molecule has 2 N–H and O–H groups in total. The maximum Gasteiger partial charge on any atom is 0.245 e. The van der Waals surface area contributed by atoms with Crippen molar-refractivity contribution < 1.29 is 13.5 Å². The summed E-state index contributed by atoms with van der Waals surface area (Å²) in [5, 5.41) is 12.3. The average molecular weight is 298 g/mol. The highest BCUT2D eigenvalue weighted by Crippen LogP contribution is 2.28. The summed E-state index contributed by atoms with van der Waals surface area (Å²) in [6, 6.07) is 7.00. The number of anilines is 1. The van der Waals surface area contributed by atoms with Crippen molar-refractivity contribution in [3.05, 3.63) is 24.3 Å². The van der Waals surface area contributed by atoms with E-state index in [1.807, 2.05) is 13.0 Å². The van der Waals surface area contributed by atoms with E-state index in [4.69, 9.17) is 5.11 Å². The van der Waals surface area contributed by atoms with Gasteiger partial charge >= 0.3 is 0 Å². The summed E-state index contributed by atoms with van der Waals surface area (Å²) in [5.41, 5.74) is 0.654. The normalized spacial score (nSPS) is 20.2. The maximum absolute atomic E-state index is 12.7. The van der Waals surface area contributed by atoms with Gasteiger partial charge in [0.15, 0.2) is 0 Å². The van der Waals surface area contributed by atoms with Crippen molar-refractivity contribution in [2.45, 2.75) is 24.7 Å². The first-order valence-electron chi connectivity index (χ1n) is 7.03. The standard InChI is InChI=1S/C14H22N2O3S/c1-2-8-15-13-5-3-4-6-14(13)20(18,19)16-9-7-12(10-16)11-17/h3-6,12,15,17H,2,7-11H2,1H3. The molecule has 0 amide bonds. The fourth-order valence-corrected chi connectivity index (χ4v) is 4.10. The quantitative estimate of drug-likeness (QED) is 0.835. The molecule has 1 aromatic carbocycles. The molecule has 5 nitrogen and oxygen atoms in total. The van der Waals surface area contributed by atoms with Gasteiger partial charge in [-0.25, -0.2) is 8.42 Å². The molecule has 0 bridgehead atoms. The Morgan fingerprint density at radius 1 is 1.40 bits per heavy atom. The van der Waals surface area contributed by atoms with Crippen LogP contribution in [0.25, 0.3) is 0 Å². The number of aliphatic hydroxyl groups is 1. The molecule has 1 unspecified atom stereocenters. The number of hydrogen-bond donors (Lipinski definition) is 2. The van der Waals surface area contributed by atoms with Crippen LogP contribution in [0.1, 0.15) is 19.8 Å². The monoisotopic (exact) mass is 298 g/mol. The van der Waals surface area contributed by atoms with Crippen molar-refractivity contribution in [3.63, 3.8) is 0 Å². The molecule has 0 spiro atoms. The molecule has 1 heterocycles. The van der Waals surface area contributed by atoms with E-state index in [1.54, 1.807) is 18.2 Å². The SMILES string of the molecule is CCCNc1ccccc1S(=O)(=O)N1CCC(CO)C1. The second kappa shape index (κ2) is 6.56. The Morgan fingerprint density at radius 3 is 2.80 bits per heavy atom. The number of benzene rings is 1. The number of nitrogens with one attached hydrogen (secondary N) is 1. The van der Waals surface area contributed by atoms with Gasteiger partial charge in [0.1, 0.15) is 4.90 Å². The Morgan fingerprint density at radius 2 is 2.15 bits per heavy atom. The molecular formula is C14H22N2O3S. The Bertz CT molecular complexity index is 545. The minimum atomic E-state index is -3.48. The first kappa shape index (κ1) is 15.3. The van der Waals surface area contributed by atoms with Crippen LogP contribution < -0.4 is 5.32 Å². The van der Waals surface area contributed by atoms with E-state index in [9.17, 15) is 8.42 Å². The second-order valence-corrected chi connectivity index (χ2v) is 7.03. The van der Waals surface area contributed by atoms with Crippen LogP contribution in [0.15, 0.2) is 29.2 Å². The maximum atomic E-state index is 12.7. The molecule has 0 saturated carbocycles. The van der Waals surface area contributed by atoms with Crippen LogP contribution in [0.3, 0.4) is 0 Å². The zero-order valence-corrected chi connectivity index (χ0v) is 12.6. The molecule has 0 aromatic heterocycles. The van der Waals surface area contributed by atoms with Gasteiger partial charge in [0, 0.05) is 26.2 Å². The third-order valence-electron chi connectivity index (χ3n) is 3.58. The van der Waals surface area contributed by atoms with Crippen LogP contribution in [0.4, 0.5) is 5.69 Å². The highest BCUT2D eigenvalue weighted by Gasteiger charge is 2.33. The van der Waals surface area contributed by atoms with Gasteiger partial charge in [-0.05, 0) is 30.9 Å². The molecule has 2 rings (SSSR count). The number of sulfonamides is 1. The van der Waals surface area contributed by atoms with Gasteiger partial charge in [0.25, 0.3) is 0 Å². The smallest absolute Gasteiger partial charge is 0.245 e. The van der Waals surface area contributed by atoms with Crippen LogP contribution in [-0.2, 0) is 10.0 Å². The second-order valence-electron chi connectivity index (χ2n) is 5.12. The number of nitrogens with zero attached hydrogens (tertiary/aromatic N) is 1. The Balaban J connectivity index is 2.25. The van der Waals surface area contributed by atoms with E-state index in [2.05, 4.69) is 5.32 Å². The zero-order chi connectivity index (χ0) is 14.6. The molecule has 0 radical (unpaired) electrons. The van der Waals surface area contributed by atoms with Crippen molar-refractivity contribution in [2.75, 3.05) is 31.6 Å². The van der Waals surface area contributed by atoms with Crippen molar-refractivity contribution >= 4 is 15.7 Å². The van der Waals surface area contributed by atoms with E-state index >= 15 is 0 Å². The van der Waals surface area contributed by atoms with Gasteiger partial charge < -0.3 is 10.4 Å². The molecular weight excluding hydrogens is 276 g/mol. The Labute approximate surface area is 120 Å². The van der Waals surface area contributed by atoms with Gasteiger partial charge in [0.05, 0.1) is 5.69 Å². The topological polar surface area (TPSA) is 69.6 Å². The van der Waals surface area contributed by atoms with Gasteiger partial charge in [-0.1, -0.05) is 19.1 Å². The first-order valence-corrected chi connectivity index (χ1v) is 8.47. The summed E-state index contributed by atoms with van der Waals surface area (Å²) in [6.45, 7) is 3.71. The summed E-state index contributed by atoms with van der Waals surface area (Å²) in [7, 11) is -3.48. The summed E-state index contributed by atoms with van der Waals surface area (Å²) in [6.07, 6.45) is 1.66. The van der Waals surface area contributed by atoms with Crippen LogP contribution >= 0.6 is 0 Å². The average Bonchev–Trinajstić information content (AvgIpc) is 2.95. The number of hydrogen-bond acceptors (Lipinski definition) is 4. The van der Waals surface area contributed by atoms with Crippen LogP contribution in [-0.4, -0.2) is 44.1 Å². The lowest BCUT2D eigenvalue weighted by atomic mass is 10.1. The van der Waals surface area contributed by atoms with E-state index in [-0.39, 0.29) is 12.5 Å². The molecule has 0 aliphatic carbocycles. The number of rotatable bonds is 6. The number of para-hydroxylation sites is 1. The Hall–Kier alpha value is -1.11. The van der Waals surface area contributed by atoms with Crippen molar-refractivity contribution in [1.82, 2.24) is 4.31 Å². The lowest BCUT2D eigenvalue weighted by Crippen LogP contribution is -2.30. The van der Waals surface area contributed by atoms with Crippen molar-refractivity contribution in [3.8, 4) is 0 Å². The summed E-state index contributed by atoms with van der Waals surface area (Å²) < 4.78 is 26.8. The molecule has 1 fully saturated rings. The minimum Gasteiger partial charge on any atom is -0.396 e. The summed E-state index contributed by atoms with van der Waals surface area (Å²) >= 11 is 0. The highest BCUT2D eigenvalue weighted by molar-refractivity contribution is 7.89. The molecule has 20 heavy (non-hydrogen) atoms. The summed E-state index contributed by atoms with van der Waals surface area (Å²) in [5.74, 6) is 0.0561. The van der Waals surface area contributed by atoms with Gasteiger partial charge in [-0.15, -0.1) is 0 Å². The van der Waals surface area contributed by atoms with E-state index in [0.717, 1.165) is 19.4 Å². The van der Waals surface area contributed by atoms with Crippen LogP contribution in [0.2, 0.25) is 0 Å². The van der Waals surface area contributed by atoms with Crippen LogP contribution in [0.5, 0.6) is 0 Å². The molecule has 112 valence electrons. The minimum absolute atomic E-state index is 0.0434. The Kier molecular flexibility index (Phi) is 5.01. The predicted molar refractivity (Wildman–Crippen MR) is 79.2 cm³/mol. The fraction of sp³-hybridized carbons (Fsp3) is 0.571. The lowest BCUT2D eigenvalue weighted by Gasteiger charge is -2.19. The molecule has 6 heteroatoms. The lowest BCUT2D eigenvalue weighted by molar-refractivity contribution is 0.233. The number of aliphatic hydroxyl groups excluding tert-OH is 1. The van der Waals surface area contributed by atoms with E-state index < -0.39 is 10.0 Å².